The Morgan fingerprint density at radius 1 is 0.774 bits per heavy atom. The van der Waals surface area contributed by atoms with Crippen LogP contribution in [0.3, 0.4) is 0 Å². The van der Waals surface area contributed by atoms with Crippen molar-refractivity contribution in [2.24, 2.45) is 10.2 Å². The zero-order valence-corrected chi connectivity index (χ0v) is 17.9. The molecule has 0 radical (unpaired) electrons. The molecule has 0 heterocycles. The van der Waals surface area contributed by atoms with E-state index in [1.54, 1.807) is 6.21 Å². The fourth-order valence-electron chi connectivity index (χ4n) is 3.36. The third-order valence-electron chi connectivity index (χ3n) is 5.13. The van der Waals surface area contributed by atoms with Gasteiger partial charge in [-0.05, 0) is 42.4 Å². The molecule has 0 saturated heterocycles. The minimum atomic E-state index is -0.350. The summed E-state index contributed by atoms with van der Waals surface area (Å²) in [5, 5.41) is 8.89. The maximum atomic E-state index is 12.6. The predicted molar refractivity (Wildman–Crippen MR) is 130 cm³/mol. The Balaban J connectivity index is 1.74. The van der Waals surface area contributed by atoms with E-state index in [4.69, 9.17) is 0 Å². The third kappa shape index (κ3) is 7.14. The van der Waals surface area contributed by atoms with Gasteiger partial charge in [-0.2, -0.15) is 5.10 Å². The number of unbranched alkanes of at least 4 members (excludes halogenated alkanes) is 2. The highest BCUT2D eigenvalue weighted by Crippen LogP contribution is 2.14. The van der Waals surface area contributed by atoms with Gasteiger partial charge in [-0.15, -0.1) is 11.7 Å². The summed E-state index contributed by atoms with van der Waals surface area (Å²) >= 11 is 0. The van der Waals surface area contributed by atoms with Gasteiger partial charge in [0.25, 0.3) is 0 Å². The van der Waals surface area contributed by atoms with Crippen LogP contribution < -0.4 is 0 Å². The van der Waals surface area contributed by atoms with Crippen molar-refractivity contribution >= 4 is 11.9 Å². The van der Waals surface area contributed by atoms with Gasteiger partial charge in [-0.25, -0.2) is 0 Å². The summed E-state index contributed by atoms with van der Waals surface area (Å²) in [7, 11) is 0. The van der Waals surface area contributed by atoms with Crippen molar-refractivity contribution in [1.82, 2.24) is 0 Å². The molecule has 0 spiro atoms. The third-order valence-corrected chi connectivity index (χ3v) is 5.13. The quantitative estimate of drug-likeness (QED) is 0.141. The highest BCUT2D eigenvalue weighted by atomic mass is 19.1. The molecule has 3 aromatic carbocycles. The first kappa shape index (κ1) is 22.4. The molecule has 0 aliphatic heterocycles. The lowest BCUT2D eigenvalue weighted by atomic mass is 10.0. The monoisotopic (exact) mass is 412 g/mol. The van der Waals surface area contributed by atoms with Crippen LogP contribution >= 0.6 is 0 Å². The molecule has 31 heavy (non-hydrogen) atoms. The molecular weight excluding hydrogens is 383 g/mol. The maximum absolute atomic E-state index is 12.6. The summed E-state index contributed by atoms with van der Waals surface area (Å²) in [5.74, 6) is 0. The van der Waals surface area contributed by atoms with Crippen molar-refractivity contribution in [3.8, 4) is 0 Å². The molecule has 0 unspecified atom stereocenters. The van der Waals surface area contributed by atoms with Gasteiger partial charge in [-0.1, -0.05) is 84.9 Å². The summed E-state index contributed by atoms with van der Waals surface area (Å²) in [5.41, 5.74) is 6.08. The molecule has 0 N–H and O–H groups in total. The van der Waals surface area contributed by atoms with Gasteiger partial charge in [0.1, 0.15) is 5.71 Å². The van der Waals surface area contributed by atoms with Crippen molar-refractivity contribution in [2.45, 2.75) is 32.1 Å². The molecule has 0 atom stereocenters. The summed E-state index contributed by atoms with van der Waals surface area (Å²) in [4.78, 5) is 0. The summed E-state index contributed by atoms with van der Waals surface area (Å²) in [6, 6.07) is 26.3. The summed E-state index contributed by atoms with van der Waals surface area (Å²) < 4.78 is 12.6. The SMILES string of the molecule is C=CCCCCc1ccc(C=NN=C(c2ccccc2)c2ccc(CCF)cc2)cc1. The predicted octanol–water partition coefficient (Wildman–Crippen LogP) is 6.97. The largest absolute Gasteiger partial charge is 0.251 e. The Labute approximate surface area is 184 Å². The van der Waals surface area contributed by atoms with Crippen molar-refractivity contribution in [1.29, 1.82) is 0 Å². The lowest BCUT2D eigenvalue weighted by molar-refractivity contribution is 0.495. The van der Waals surface area contributed by atoms with E-state index in [9.17, 15) is 4.39 Å². The molecule has 0 amide bonds. The second-order valence-electron chi connectivity index (χ2n) is 7.47. The van der Waals surface area contributed by atoms with E-state index < -0.39 is 0 Å². The maximum Gasteiger partial charge on any atom is 0.100 e. The van der Waals surface area contributed by atoms with E-state index in [1.807, 2.05) is 60.7 Å². The Morgan fingerprint density at radius 2 is 1.42 bits per heavy atom. The minimum Gasteiger partial charge on any atom is -0.251 e. The Hall–Kier alpha value is -3.33. The van der Waals surface area contributed by atoms with Gasteiger partial charge in [0.05, 0.1) is 12.9 Å². The number of hydrogen-bond donors (Lipinski definition) is 0. The second-order valence-corrected chi connectivity index (χ2v) is 7.47. The number of halogens is 1. The van der Waals surface area contributed by atoms with Gasteiger partial charge in [-0.3, -0.25) is 4.39 Å². The molecule has 0 fully saturated rings. The Morgan fingerprint density at radius 3 is 2.10 bits per heavy atom. The molecule has 0 aromatic heterocycles. The first-order chi connectivity index (χ1) is 15.3. The highest BCUT2D eigenvalue weighted by molar-refractivity contribution is 6.13. The van der Waals surface area contributed by atoms with Crippen molar-refractivity contribution in [3.05, 3.63) is 119 Å². The average Bonchev–Trinajstić information content (AvgIpc) is 2.82. The molecule has 158 valence electrons. The summed E-state index contributed by atoms with van der Waals surface area (Å²) in [6.07, 6.45) is 8.70. The number of rotatable bonds is 11. The topological polar surface area (TPSA) is 24.7 Å². The fourth-order valence-corrected chi connectivity index (χ4v) is 3.36. The first-order valence-electron chi connectivity index (χ1n) is 10.8. The van der Waals surface area contributed by atoms with Crippen LogP contribution in [0.2, 0.25) is 0 Å². The minimum absolute atomic E-state index is 0.350. The van der Waals surface area contributed by atoms with Crippen LogP contribution in [-0.4, -0.2) is 18.6 Å². The summed E-state index contributed by atoms with van der Waals surface area (Å²) in [6.45, 7) is 3.42. The van der Waals surface area contributed by atoms with Crippen LogP contribution in [0, 0.1) is 0 Å². The van der Waals surface area contributed by atoms with Crippen molar-refractivity contribution in [3.63, 3.8) is 0 Å². The van der Waals surface area contributed by atoms with Crippen LogP contribution in [0.15, 0.2) is 102 Å². The van der Waals surface area contributed by atoms with E-state index >= 15 is 0 Å². The van der Waals surface area contributed by atoms with Crippen LogP contribution in [-0.2, 0) is 12.8 Å². The van der Waals surface area contributed by atoms with Crippen LogP contribution in [0.25, 0.3) is 0 Å². The van der Waals surface area contributed by atoms with Crippen molar-refractivity contribution in [2.75, 3.05) is 6.67 Å². The number of nitrogens with zero attached hydrogens (tertiary/aromatic N) is 2. The van der Waals surface area contributed by atoms with E-state index in [0.29, 0.717) is 6.42 Å². The molecule has 0 aliphatic rings. The van der Waals surface area contributed by atoms with E-state index in [1.165, 1.54) is 18.4 Å². The molecule has 3 aromatic rings. The Bertz CT molecular complexity index is 987. The molecule has 3 heteroatoms. The lowest BCUT2D eigenvalue weighted by Gasteiger charge is -2.07. The average molecular weight is 413 g/mol. The fraction of sp³-hybridized carbons (Fsp3) is 0.214. The molecule has 0 saturated carbocycles. The van der Waals surface area contributed by atoms with Gasteiger partial charge in [0.2, 0.25) is 0 Å². The Kier molecular flexibility index (Phi) is 8.93. The van der Waals surface area contributed by atoms with Crippen LogP contribution in [0.1, 0.15) is 47.1 Å². The number of benzene rings is 3. The second kappa shape index (κ2) is 12.4. The van der Waals surface area contributed by atoms with Gasteiger partial charge < -0.3 is 0 Å². The van der Waals surface area contributed by atoms with Gasteiger partial charge in [0, 0.05) is 17.5 Å². The lowest BCUT2D eigenvalue weighted by Crippen LogP contribution is -2.03. The van der Waals surface area contributed by atoms with E-state index in [2.05, 4.69) is 41.0 Å². The number of alkyl halides is 1. The number of hydrogen-bond acceptors (Lipinski definition) is 2. The standard InChI is InChI=1S/C28H29FN2/c1-2-3-4-6-9-23-12-14-25(15-13-23)22-30-31-28(26-10-7-5-8-11-26)27-18-16-24(17-19-27)20-21-29/h2,5,7-8,10-19,22H,1,3-4,6,9,20-21H2. The van der Waals surface area contributed by atoms with E-state index in [-0.39, 0.29) is 6.67 Å². The first-order valence-corrected chi connectivity index (χ1v) is 10.8. The zero-order chi connectivity index (χ0) is 21.7. The smallest absolute Gasteiger partial charge is 0.100 e. The zero-order valence-electron chi connectivity index (χ0n) is 17.9. The number of allylic oxidation sites excluding steroid dienone is 1. The number of aryl methyl sites for hydroxylation is 2. The van der Waals surface area contributed by atoms with E-state index in [0.717, 1.165) is 40.8 Å². The molecular formula is C28H29FN2. The molecule has 3 rings (SSSR count). The molecule has 0 aliphatic carbocycles. The van der Waals surface area contributed by atoms with Crippen LogP contribution in [0.4, 0.5) is 4.39 Å². The molecule has 2 nitrogen and oxygen atoms in total. The van der Waals surface area contributed by atoms with Crippen LogP contribution in [0.5, 0.6) is 0 Å². The van der Waals surface area contributed by atoms with Gasteiger partial charge >= 0.3 is 0 Å². The normalized spacial score (nSPS) is 11.7. The van der Waals surface area contributed by atoms with Crippen molar-refractivity contribution < 1.29 is 4.39 Å². The highest BCUT2D eigenvalue weighted by Gasteiger charge is 2.07. The van der Waals surface area contributed by atoms with Gasteiger partial charge in [0.15, 0.2) is 0 Å². The molecule has 0 bridgehead atoms.